The zero-order valence-electron chi connectivity index (χ0n) is 22.0. The SMILES string of the molecule is C[C@@H](C(=O)Nc1nnc(N[C@@H]2CCN(c3cccnn3)C2)s1)C1CCN(Cc2ccc(OC(F)(F)F)cc2)CC1. The van der Waals surface area contributed by atoms with E-state index in [4.69, 9.17) is 0 Å². The van der Waals surface area contributed by atoms with E-state index in [1.807, 2.05) is 19.1 Å². The Balaban J connectivity index is 1.04. The fourth-order valence-corrected chi connectivity index (χ4v) is 5.88. The van der Waals surface area contributed by atoms with Gasteiger partial charge in [0.15, 0.2) is 5.82 Å². The lowest BCUT2D eigenvalue weighted by atomic mass is 9.85. The Kier molecular flexibility index (Phi) is 8.64. The van der Waals surface area contributed by atoms with E-state index in [1.165, 1.54) is 23.5 Å². The first-order valence-electron chi connectivity index (χ1n) is 13.2. The summed E-state index contributed by atoms with van der Waals surface area (Å²) in [5.41, 5.74) is 0.915. The van der Waals surface area contributed by atoms with E-state index in [9.17, 15) is 18.0 Å². The number of carbonyl (C=O) groups excluding carboxylic acids is 1. The maximum atomic E-state index is 13.0. The van der Waals surface area contributed by atoms with Crippen LogP contribution in [0.25, 0.3) is 0 Å². The number of carbonyl (C=O) groups is 1. The van der Waals surface area contributed by atoms with Gasteiger partial charge in [-0.2, -0.15) is 5.10 Å². The summed E-state index contributed by atoms with van der Waals surface area (Å²) in [5, 5.41) is 23.9. The molecule has 2 saturated heterocycles. The van der Waals surface area contributed by atoms with E-state index >= 15 is 0 Å². The standard InChI is InChI=1S/C26H31F3N8O2S/c1-17(19-8-12-36(13-9-19)15-18-4-6-21(7-5-18)39-26(27,28)29)23(38)32-25-35-34-24(40-25)31-20-10-14-37(16-20)22-3-2-11-30-33-22/h2-7,11,17,19-20H,8-10,12-16H2,1H3,(H,31,34)(H,32,35,38)/t17-,20-/m1/s1. The van der Waals surface area contributed by atoms with Gasteiger partial charge in [0.1, 0.15) is 5.75 Å². The molecular weight excluding hydrogens is 545 g/mol. The molecule has 1 amide bonds. The van der Waals surface area contributed by atoms with Crippen LogP contribution < -0.4 is 20.3 Å². The molecule has 0 radical (unpaired) electrons. The first-order valence-corrected chi connectivity index (χ1v) is 14.0. The number of benzene rings is 1. The Morgan fingerprint density at radius 2 is 1.82 bits per heavy atom. The molecule has 14 heteroatoms. The highest BCUT2D eigenvalue weighted by molar-refractivity contribution is 7.19. The first-order chi connectivity index (χ1) is 19.2. The second-order valence-electron chi connectivity index (χ2n) is 10.2. The smallest absolute Gasteiger partial charge is 0.406 e. The molecule has 5 rings (SSSR count). The minimum absolute atomic E-state index is 0.0731. The zero-order valence-corrected chi connectivity index (χ0v) is 22.8. The molecule has 2 N–H and O–H groups in total. The largest absolute Gasteiger partial charge is 0.573 e. The number of aromatic nitrogens is 4. The van der Waals surface area contributed by atoms with Gasteiger partial charge in [-0.3, -0.25) is 9.69 Å². The van der Waals surface area contributed by atoms with E-state index in [1.54, 1.807) is 18.3 Å². The molecule has 4 heterocycles. The van der Waals surface area contributed by atoms with Crippen molar-refractivity contribution in [1.29, 1.82) is 0 Å². The van der Waals surface area contributed by atoms with Crippen molar-refractivity contribution in [3.8, 4) is 5.75 Å². The highest BCUT2D eigenvalue weighted by Crippen LogP contribution is 2.29. The van der Waals surface area contributed by atoms with Crippen LogP contribution in [-0.2, 0) is 11.3 Å². The van der Waals surface area contributed by atoms with Crippen LogP contribution >= 0.6 is 11.3 Å². The molecule has 10 nitrogen and oxygen atoms in total. The Morgan fingerprint density at radius 3 is 2.52 bits per heavy atom. The van der Waals surface area contributed by atoms with Gasteiger partial charge in [0.2, 0.25) is 16.2 Å². The second-order valence-corrected chi connectivity index (χ2v) is 11.1. The number of rotatable bonds is 9. The van der Waals surface area contributed by atoms with Crippen molar-refractivity contribution >= 4 is 33.3 Å². The monoisotopic (exact) mass is 576 g/mol. The van der Waals surface area contributed by atoms with Crippen molar-refractivity contribution < 1.29 is 22.7 Å². The van der Waals surface area contributed by atoms with E-state index in [2.05, 4.69) is 45.6 Å². The van der Waals surface area contributed by atoms with Crippen LogP contribution in [0.5, 0.6) is 5.75 Å². The summed E-state index contributed by atoms with van der Waals surface area (Å²) in [7, 11) is 0. The number of likely N-dealkylation sites (tertiary alicyclic amines) is 1. The molecule has 2 aromatic heterocycles. The van der Waals surface area contributed by atoms with Gasteiger partial charge in [-0.25, -0.2) is 0 Å². The van der Waals surface area contributed by atoms with Crippen LogP contribution in [0.1, 0.15) is 31.7 Å². The minimum atomic E-state index is -4.70. The van der Waals surface area contributed by atoms with Crippen molar-refractivity contribution in [2.45, 2.75) is 45.1 Å². The predicted molar refractivity (Wildman–Crippen MR) is 145 cm³/mol. The van der Waals surface area contributed by atoms with E-state index in [0.717, 1.165) is 56.8 Å². The zero-order chi connectivity index (χ0) is 28.1. The van der Waals surface area contributed by atoms with Crippen LogP contribution in [0.4, 0.5) is 29.3 Å². The Hall–Kier alpha value is -3.52. The van der Waals surface area contributed by atoms with Crippen LogP contribution in [-0.4, -0.2) is 69.8 Å². The molecule has 40 heavy (non-hydrogen) atoms. The maximum Gasteiger partial charge on any atom is 0.573 e. The normalized spacial score (nSPS) is 19.4. The van der Waals surface area contributed by atoms with Gasteiger partial charge in [0, 0.05) is 37.8 Å². The number of piperidine rings is 1. The predicted octanol–water partition coefficient (Wildman–Crippen LogP) is 4.40. The summed E-state index contributed by atoms with van der Waals surface area (Å²) >= 11 is 1.32. The lowest BCUT2D eigenvalue weighted by Gasteiger charge is -2.34. The fourth-order valence-electron chi connectivity index (χ4n) is 5.15. The van der Waals surface area contributed by atoms with Crippen LogP contribution in [0.15, 0.2) is 42.6 Å². The third-order valence-corrected chi connectivity index (χ3v) is 8.14. The number of nitrogens with zero attached hydrogens (tertiary/aromatic N) is 6. The minimum Gasteiger partial charge on any atom is -0.406 e. The molecule has 2 fully saturated rings. The summed E-state index contributed by atoms with van der Waals surface area (Å²) in [6.45, 7) is 5.85. The highest BCUT2D eigenvalue weighted by atomic mass is 32.1. The lowest BCUT2D eigenvalue weighted by molar-refractivity contribution is -0.274. The number of hydrogen-bond acceptors (Lipinski definition) is 10. The van der Waals surface area contributed by atoms with Gasteiger partial charge in [-0.05, 0) is 68.1 Å². The van der Waals surface area contributed by atoms with Gasteiger partial charge >= 0.3 is 6.36 Å². The number of alkyl halides is 3. The number of anilines is 3. The van der Waals surface area contributed by atoms with Gasteiger partial charge < -0.3 is 20.3 Å². The van der Waals surface area contributed by atoms with Crippen molar-refractivity contribution in [3.05, 3.63) is 48.2 Å². The van der Waals surface area contributed by atoms with Crippen LogP contribution in [0.2, 0.25) is 0 Å². The van der Waals surface area contributed by atoms with Crippen molar-refractivity contribution in [3.63, 3.8) is 0 Å². The molecule has 0 unspecified atom stereocenters. The highest BCUT2D eigenvalue weighted by Gasteiger charge is 2.31. The van der Waals surface area contributed by atoms with E-state index < -0.39 is 6.36 Å². The third-order valence-electron chi connectivity index (χ3n) is 7.37. The van der Waals surface area contributed by atoms with Gasteiger partial charge in [0.05, 0.1) is 0 Å². The summed E-state index contributed by atoms with van der Waals surface area (Å²) < 4.78 is 41.0. The fraction of sp³-hybridized carbons (Fsp3) is 0.500. The van der Waals surface area contributed by atoms with E-state index in [-0.39, 0.29) is 29.5 Å². The summed E-state index contributed by atoms with van der Waals surface area (Å²) in [5.74, 6) is 0.602. The quantitative estimate of drug-likeness (QED) is 0.383. The second kappa shape index (κ2) is 12.3. The van der Waals surface area contributed by atoms with Crippen LogP contribution in [0, 0.1) is 11.8 Å². The molecular formula is C26H31F3N8O2S. The van der Waals surface area contributed by atoms with Crippen molar-refractivity contribution in [2.24, 2.45) is 11.8 Å². The van der Waals surface area contributed by atoms with Gasteiger partial charge in [-0.1, -0.05) is 30.4 Å². The number of ether oxygens (including phenoxy) is 1. The first kappa shape index (κ1) is 28.0. The van der Waals surface area contributed by atoms with E-state index in [0.29, 0.717) is 16.8 Å². The van der Waals surface area contributed by atoms with Crippen molar-refractivity contribution in [2.75, 3.05) is 41.7 Å². The number of amides is 1. The maximum absolute atomic E-state index is 13.0. The summed E-state index contributed by atoms with van der Waals surface area (Å²) in [6.07, 6.45) is -0.389. The molecule has 0 saturated carbocycles. The lowest BCUT2D eigenvalue weighted by Crippen LogP contribution is -2.38. The molecule has 0 spiro atoms. The molecule has 0 bridgehead atoms. The topological polar surface area (TPSA) is 108 Å². The molecule has 0 aliphatic carbocycles. The number of halogens is 3. The Morgan fingerprint density at radius 1 is 1.07 bits per heavy atom. The van der Waals surface area contributed by atoms with Crippen LogP contribution in [0.3, 0.4) is 0 Å². The third kappa shape index (κ3) is 7.56. The molecule has 1 aromatic carbocycles. The van der Waals surface area contributed by atoms with Gasteiger partial charge in [0.25, 0.3) is 0 Å². The molecule has 2 atom stereocenters. The molecule has 3 aromatic rings. The summed E-state index contributed by atoms with van der Waals surface area (Å²) in [6, 6.07) is 9.98. The Bertz CT molecular complexity index is 1250. The Labute approximate surface area is 233 Å². The average molecular weight is 577 g/mol. The summed E-state index contributed by atoms with van der Waals surface area (Å²) in [4.78, 5) is 17.4. The molecule has 2 aliphatic rings. The number of nitrogens with one attached hydrogen (secondary N) is 2. The molecule has 2 aliphatic heterocycles. The number of hydrogen-bond donors (Lipinski definition) is 2. The molecule has 214 valence electrons. The van der Waals surface area contributed by atoms with Gasteiger partial charge in [-0.15, -0.1) is 28.5 Å². The van der Waals surface area contributed by atoms with Crippen molar-refractivity contribution in [1.82, 2.24) is 25.3 Å². The average Bonchev–Trinajstić information content (AvgIpc) is 3.59.